The van der Waals surface area contributed by atoms with Gasteiger partial charge >= 0.3 is 5.97 Å². The number of nitro groups is 1. The van der Waals surface area contributed by atoms with E-state index < -0.39 is 10.9 Å². The van der Waals surface area contributed by atoms with Crippen LogP contribution in [0.5, 0.6) is 0 Å². The summed E-state index contributed by atoms with van der Waals surface area (Å²) in [6.45, 7) is 0.282. The number of rotatable bonds is 6. The molecule has 24 heavy (non-hydrogen) atoms. The fourth-order valence-corrected chi connectivity index (χ4v) is 2.37. The van der Waals surface area contributed by atoms with Crippen molar-refractivity contribution in [1.29, 1.82) is 0 Å². The van der Waals surface area contributed by atoms with Crippen molar-refractivity contribution < 1.29 is 24.0 Å². The molecule has 0 aliphatic heterocycles. The van der Waals surface area contributed by atoms with Crippen LogP contribution in [0.4, 0.5) is 5.69 Å². The molecule has 0 bridgehead atoms. The van der Waals surface area contributed by atoms with E-state index in [4.69, 9.17) is 9.52 Å². The topological polar surface area (TPSA) is 114 Å². The van der Waals surface area contributed by atoms with Crippen molar-refractivity contribution in [2.45, 2.75) is 25.4 Å². The van der Waals surface area contributed by atoms with E-state index in [1.807, 2.05) is 0 Å². The number of benzene rings is 1. The summed E-state index contributed by atoms with van der Waals surface area (Å²) in [7, 11) is 0. The lowest BCUT2D eigenvalue weighted by Gasteiger charge is -2.21. The minimum atomic E-state index is -1.16. The van der Waals surface area contributed by atoms with Crippen LogP contribution in [0.15, 0.2) is 41.0 Å². The summed E-state index contributed by atoms with van der Waals surface area (Å²) in [4.78, 5) is 35.3. The van der Waals surface area contributed by atoms with Crippen molar-refractivity contribution >= 4 is 17.6 Å². The lowest BCUT2D eigenvalue weighted by Crippen LogP contribution is -2.32. The van der Waals surface area contributed by atoms with Gasteiger partial charge in [-0.05, 0) is 18.4 Å². The fourth-order valence-electron chi connectivity index (χ4n) is 2.37. The normalized spacial score (nSPS) is 13.5. The standard InChI is InChI=1S/C16H14N2O6/c19-15(14-7-11(9-24-14)16(20)21)17(12-5-6-12)8-10-1-3-13(4-2-10)18(22)23/h1-4,7,9,12H,5-6,8H2,(H,20,21). The maximum absolute atomic E-state index is 12.6. The zero-order chi connectivity index (χ0) is 17.3. The Morgan fingerprint density at radius 2 is 1.96 bits per heavy atom. The number of carbonyl (C=O) groups excluding carboxylic acids is 1. The second-order valence-corrected chi connectivity index (χ2v) is 5.59. The van der Waals surface area contributed by atoms with Crippen LogP contribution in [0.2, 0.25) is 0 Å². The van der Waals surface area contributed by atoms with Crippen LogP contribution in [0, 0.1) is 10.1 Å². The number of carbonyl (C=O) groups is 2. The highest BCUT2D eigenvalue weighted by atomic mass is 16.6. The van der Waals surface area contributed by atoms with Crippen molar-refractivity contribution in [2.75, 3.05) is 0 Å². The quantitative estimate of drug-likeness (QED) is 0.643. The molecule has 0 atom stereocenters. The lowest BCUT2D eigenvalue weighted by atomic mass is 10.2. The van der Waals surface area contributed by atoms with Crippen molar-refractivity contribution in [3.05, 3.63) is 63.6 Å². The number of non-ortho nitro benzene ring substituents is 1. The van der Waals surface area contributed by atoms with Crippen LogP contribution in [-0.4, -0.2) is 32.8 Å². The fraction of sp³-hybridized carbons (Fsp3) is 0.250. The number of furan rings is 1. The third-order valence-corrected chi connectivity index (χ3v) is 3.81. The number of nitro benzene ring substituents is 1. The molecular formula is C16H14N2O6. The molecule has 1 N–H and O–H groups in total. The summed E-state index contributed by atoms with van der Waals surface area (Å²) >= 11 is 0. The Morgan fingerprint density at radius 3 is 2.46 bits per heavy atom. The Morgan fingerprint density at radius 1 is 1.29 bits per heavy atom. The Bertz CT molecular complexity index is 791. The number of hydrogen-bond acceptors (Lipinski definition) is 5. The predicted octanol–water partition coefficient (Wildman–Crippen LogP) is 2.69. The van der Waals surface area contributed by atoms with Gasteiger partial charge in [-0.1, -0.05) is 12.1 Å². The first-order chi connectivity index (χ1) is 11.5. The van der Waals surface area contributed by atoms with Crippen LogP contribution in [0.1, 0.15) is 39.3 Å². The van der Waals surface area contributed by atoms with Gasteiger partial charge in [-0.15, -0.1) is 0 Å². The molecule has 8 nitrogen and oxygen atoms in total. The van der Waals surface area contributed by atoms with E-state index in [1.54, 1.807) is 17.0 Å². The van der Waals surface area contributed by atoms with Crippen LogP contribution < -0.4 is 0 Å². The predicted molar refractivity (Wildman–Crippen MR) is 81.7 cm³/mol. The highest BCUT2D eigenvalue weighted by molar-refractivity contribution is 5.95. The lowest BCUT2D eigenvalue weighted by molar-refractivity contribution is -0.384. The molecule has 3 rings (SSSR count). The third-order valence-electron chi connectivity index (χ3n) is 3.81. The Balaban J connectivity index is 1.77. The van der Waals surface area contributed by atoms with Gasteiger partial charge in [-0.3, -0.25) is 14.9 Å². The van der Waals surface area contributed by atoms with Crippen LogP contribution in [-0.2, 0) is 6.54 Å². The van der Waals surface area contributed by atoms with E-state index in [1.165, 1.54) is 18.2 Å². The largest absolute Gasteiger partial charge is 0.478 e. The molecule has 1 heterocycles. The average molecular weight is 330 g/mol. The number of hydrogen-bond donors (Lipinski definition) is 1. The number of nitrogens with zero attached hydrogens (tertiary/aromatic N) is 2. The second-order valence-electron chi connectivity index (χ2n) is 5.59. The summed E-state index contributed by atoms with van der Waals surface area (Å²) in [6.07, 6.45) is 2.77. The third kappa shape index (κ3) is 3.27. The van der Waals surface area contributed by atoms with Gasteiger partial charge in [0.15, 0.2) is 5.76 Å². The maximum Gasteiger partial charge on any atom is 0.338 e. The molecule has 1 saturated carbocycles. The van der Waals surface area contributed by atoms with Gasteiger partial charge in [-0.25, -0.2) is 4.79 Å². The summed E-state index contributed by atoms with van der Waals surface area (Å²) < 4.78 is 5.07. The van der Waals surface area contributed by atoms with E-state index in [9.17, 15) is 19.7 Å². The van der Waals surface area contributed by atoms with Gasteiger partial charge in [-0.2, -0.15) is 0 Å². The molecule has 8 heteroatoms. The number of carboxylic acids is 1. The summed E-state index contributed by atoms with van der Waals surface area (Å²) in [6, 6.07) is 7.26. The first-order valence-electron chi connectivity index (χ1n) is 7.32. The smallest absolute Gasteiger partial charge is 0.338 e. The highest BCUT2D eigenvalue weighted by Gasteiger charge is 2.34. The molecule has 1 fully saturated rings. The van der Waals surface area contributed by atoms with Gasteiger partial charge in [0.1, 0.15) is 6.26 Å². The molecule has 2 aromatic rings. The van der Waals surface area contributed by atoms with Gasteiger partial charge in [0.2, 0.25) is 0 Å². The van der Waals surface area contributed by atoms with Crippen LogP contribution >= 0.6 is 0 Å². The molecule has 0 radical (unpaired) electrons. The zero-order valence-electron chi connectivity index (χ0n) is 12.5. The van der Waals surface area contributed by atoms with Crippen molar-refractivity contribution in [1.82, 2.24) is 4.90 Å². The summed E-state index contributed by atoms with van der Waals surface area (Å²) in [5.74, 6) is -1.57. The minimum Gasteiger partial charge on any atom is -0.478 e. The SMILES string of the molecule is O=C(O)c1coc(C(=O)N(Cc2ccc([N+](=O)[O-])cc2)C2CC2)c1. The number of amides is 1. The first-order valence-corrected chi connectivity index (χ1v) is 7.32. The molecule has 1 aromatic carbocycles. The van der Waals surface area contributed by atoms with Gasteiger partial charge < -0.3 is 14.4 Å². The van der Waals surface area contributed by atoms with E-state index >= 15 is 0 Å². The molecule has 1 aliphatic carbocycles. The average Bonchev–Trinajstić information content (AvgIpc) is 3.27. The second kappa shape index (κ2) is 6.15. The van der Waals surface area contributed by atoms with Gasteiger partial charge in [0.25, 0.3) is 11.6 Å². The molecule has 1 amide bonds. The Labute approximate surface area is 136 Å². The number of carboxylic acid groups (broad SMARTS) is 1. The highest BCUT2D eigenvalue weighted by Crippen LogP contribution is 2.30. The van der Waals surface area contributed by atoms with Crippen molar-refractivity contribution in [3.63, 3.8) is 0 Å². The molecule has 0 saturated heterocycles. The van der Waals surface area contributed by atoms with Gasteiger partial charge in [0.05, 0.1) is 10.5 Å². The molecular weight excluding hydrogens is 316 g/mol. The molecule has 0 unspecified atom stereocenters. The maximum atomic E-state index is 12.6. The summed E-state index contributed by atoms with van der Waals surface area (Å²) in [5, 5.41) is 19.6. The molecule has 124 valence electrons. The van der Waals surface area contributed by atoms with Crippen LogP contribution in [0.3, 0.4) is 0 Å². The van der Waals surface area contributed by atoms with Gasteiger partial charge in [0, 0.05) is 30.8 Å². The zero-order valence-corrected chi connectivity index (χ0v) is 12.5. The number of aromatic carboxylic acids is 1. The molecule has 1 aromatic heterocycles. The minimum absolute atomic E-state index is 0.0137. The Kier molecular flexibility index (Phi) is 4.03. The first kappa shape index (κ1) is 15.7. The van der Waals surface area contributed by atoms with E-state index in [-0.39, 0.29) is 35.5 Å². The Hall–Kier alpha value is -3.16. The monoisotopic (exact) mass is 330 g/mol. The molecule has 1 aliphatic rings. The van der Waals surface area contributed by atoms with E-state index in [2.05, 4.69) is 0 Å². The van der Waals surface area contributed by atoms with E-state index in [0.29, 0.717) is 0 Å². The van der Waals surface area contributed by atoms with Crippen LogP contribution in [0.25, 0.3) is 0 Å². The molecule has 0 spiro atoms. The van der Waals surface area contributed by atoms with Crippen molar-refractivity contribution in [3.8, 4) is 0 Å². The van der Waals surface area contributed by atoms with Crippen molar-refractivity contribution in [2.24, 2.45) is 0 Å². The van der Waals surface area contributed by atoms with E-state index in [0.717, 1.165) is 24.7 Å². The summed E-state index contributed by atoms with van der Waals surface area (Å²) in [5.41, 5.74) is 0.662.